The molecule has 204 valence electrons. The maximum absolute atomic E-state index is 13.0. The summed E-state index contributed by atoms with van der Waals surface area (Å²) in [6.45, 7) is -0.303. The van der Waals surface area contributed by atoms with Crippen LogP contribution in [0.2, 0.25) is 0 Å². The van der Waals surface area contributed by atoms with Crippen LogP contribution in [0.1, 0.15) is 26.3 Å². The molecule has 0 aliphatic carbocycles. The van der Waals surface area contributed by atoms with Crippen LogP contribution in [0.25, 0.3) is 0 Å². The van der Waals surface area contributed by atoms with Gasteiger partial charge in [0.05, 0.1) is 49.7 Å². The van der Waals surface area contributed by atoms with Gasteiger partial charge >= 0.3 is 5.97 Å². The van der Waals surface area contributed by atoms with Crippen LogP contribution in [0.5, 0.6) is 23.0 Å². The molecule has 0 aromatic heterocycles. The number of halogens is 3. The highest BCUT2D eigenvalue weighted by atomic mass is 79.9. The number of benzene rings is 3. The van der Waals surface area contributed by atoms with Crippen molar-refractivity contribution in [1.82, 2.24) is 10.7 Å². The van der Waals surface area contributed by atoms with Crippen molar-refractivity contribution < 1.29 is 33.3 Å². The molecule has 0 saturated carbocycles. The molecule has 0 unspecified atom stereocenters. The van der Waals surface area contributed by atoms with Crippen molar-refractivity contribution in [3.05, 3.63) is 78.6 Å². The molecule has 3 aromatic carbocycles. The summed E-state index contributed by atoms with van der Waals surface area (Å²) in [6.07, 6.45) is 1.31. The van der Waals surface area contributed by atoms with Crippen LogP contribution in [0, 0.1) is 0 Å². The van der Waals surface area contributed by atoms with E-state index < -0.39 is 17.8 Å². The zero-order chi connectivity index (χ0) is 28.5. The van der Waals surface area contributed by atoms with Gasteiger partial charge in [0.2, 0.25) is 5.75 Å². The van der Waals surface area contributed by atoms with Crippen LogP contribution in [0.3, 0.4) is 0 Å². The van der Waals surface area contributed by atoms with E-state index in [1.165, 1.54) is 39.7 Å². The minimum atomic E-state index is -0.703. The number of esters is 1. The molecular weight excluding hydrogens is 706 g/mol. The molecule has 2 amide bonds. The maximum Gasteiger partial charge on any atom is 0.343 e. The third kappa shape index (κ3) is 7.80. The van der Waals surface area contributed by atoms with Gasteiger partial charge in [0, 0.05) is 14.5 Å². The number of ether oxygens (including phenoxy) is 4. The predicted molar refractivity (Wildman–Crippen MR) is 155 cm³/mol. The summed E-state index contributed by atoms with van der Waals surface area (Å²) < 4.78 is 23.3. The van der Waals surface area contributed by atoms with Crippen molar-refractivity contribution in [3.63, 3.8) is 0 Å². The van der Waals surface area contributed by atoms with Crippen molar-refractivity contribution in [1.29, 1.82) is 0 Å². The van der Waals surface area contributed by atoms with E-state index in [0.717, 1.165) is 0 Å². The predicted octanol–water partition coefficient (Wildman–Crippen LogP) is 5.10. The Bertz CT molecular complexity index is 1400. The molecule has 3 rings (SSSR count). The highest BCUT2D eigenvalue weighted by Gasteiger charge is 2.21. The first-order chi connectivity index (χ1) is 18.7. The number of methoxy groups -OCH3 is 3. The average molecular weight is 728 g/mol. The van der Waals surface area contributed by atoms with E-state index in [9.17, 15) is 14.4 Å². The van der Waals surface area contributed by atoms with E-state index in [-0.39, 0.29) is 29.4 Å². The molecule has 0 aliphatic rings. The van der Waals surface area contributed by atoms with Gasteiger partial charge in [-0.3, -0.25) is 9.59 Å². The molecule has 13 heteroatoms. The van der Waals surface area contributed by atoms with Gasteiger partial charge in [-0.05, 0) is 68.3 Å². The second-order valence-corrected chi connectivity index (χ2v) is 10.2. The molecule has 0 spiro atoms. The summed E-state index contributed by atoms with van der Waals surface area (Å²) in [4.78, 5) is 37.5. The summed E-state index contributed by atoms with van der Waals surface area (Å²) in [5.74, 6) is -0.625. The van der Waals surface area contributed by atoms with Crippen LogP contribution in [0.4, 0.5) is 0 Å². The van der Waals surface area contributed by atoms with Crippen molar-refractivity contribution in [2.24, 2.45) is 5.10 Å². The van der Waals surface area contributed by atoms with E-state index in [2.05, 4.69) is 63.6 Å². The average Bonchev–Trinajstić information content (AvgIpc) is 2.92. The molecule has 2 N–H and O–H groups in total. The Morgan fingerprint density at radius 3 is 2.15 bits per heavy atom. The molecule has 0 fully saturated rings. The van der Waals surface area contributed by atoms with Crippen molar-refractivity contribution in [3.8, 4) is 23.0 Å². The first-order valence-electron chi connectivity index (χ1n) is 11.0. The molecule has 0 bridgehead atoms. The van der Waals surface area contributed by atoms with Gasteiger partial charge in [-0.2, -0.15) is 5.10 Å². The lowest BCUT2D eigenvalue weighted by molar-refractivity contribution is -0.120. The number of hydrazone groups is 1. The number of hydrogen-bond acceptors (Lipinski definition) is 8. The van der Waals surface area contributed by atoms with E-state index in [1.807, 2.05) is 0 Å². The number of carbonyl (C=O) groups is 3. The Balaban J connectivity index is 1.73. The fourth-order valence-electron chi connectivity index (χ4n) is 3.25. The third-order valence-corrected chi connectivity index (χ3v) is 6.79. The summed E-state index contributed by atoms with van der Waals surface area (Å²) in [5, 5.41) is 6.46. The summed E-state index contributed by atoms with van der Waals surface area (Å²) in [5.41, 5.74) is 3.25. The Labute approximate surface area is 249 Å². The number of rotatable bonds is 10. The Morgan fingerprint density at radius 2 is 1.54 bits per heavy atom. The van der Waals surface area contributed by atoms with E-state index in [1.54, 1.807) is 36.4 Å². The smallest absolute Gasteiger partial charge is 0.343 e. The number of carbonyl (C=O) groups excluding carboxylic acids is 3. The van der Waals surface area contributed by atoms with Crippen LogP contribution >= 0.6 is 47.8 Å². The zero-order valence-electron chi connectivity index (χ0n) is 20.8. The maximum atomic E-state index is 13.0. The number of hydrogen-bond donors (Lipinski definition) is 2. The third-order valence-electron chi connectivity index (χ3n) is 5.05. The van der Waals surface area contributed by atoms with Crippen LogP contribution in [-0.4, -0.2) is 51.9 Å². The molecule has 0 heterocycles. The lowest BCUT2D eigenvalue weighted by atomic mass is 10.1. The minimum Gasteiger partial charge on any atom is -0.493 e. The van der Waals surface area contributed by atoms with Gasteiger partial charge in [0.15, 0.2) is 17.2 Å². The van der Waals surface area contributed by atoms with E-state index >= 15 is 0 Å². The van der Waals surface area contributed by atoms with Gasteiger partial charge in [0.25, 0.3) is 11.8 Å². The van der Waals surface area contributed by atoms with Crippen molar-refractivity contribution in [2.75, 3.05) is 27.9 Å². The Hall–Kier alpha value is -3.42. The number of nitrogens with zero attached hydrogens (tertiary/aromatic N) is 1. The first-order valence-corrected chi connectivity index (χ1v) is 13.4. The summed E-state index contributed by atoms with van der Waals surface area (Å²) >= 11 is 10.1. The topological polar surface area (TPSA) is 125 Å². The standard InChI is InChI=1S/C26H22Br3N3O7/c1-36-20-9-14(10-21(37-2)24(20)38-3)26(35)39-23-15(8-16(27)11-19(23)29)12-31-32-22(33)13-30-25(34)17-6-4-5-7-18(17)28/h4-12H,13H2,1-3H3,(H,30,34)(H,32,33). The normalized spacial score (nSPS) is 10.6. The van der Waals surface area contributed by atoms with Gasteiger partial charge in [-0.1, -0.05) is 28.1 Å². The van der Waals surface area contributed by atoms with Gasteiger partial charge in [0.1, 0.15) is 0 Å². The Kier molecular flexibility index (Phi) is 10.9. The monoisotopic (exact) mass is 725 g/mol. The number of amides is 2. The van der Waals surface area contributed by atoms with Gasteiger partial charge < -0.3 is 24.3 Å². The quantitative estimate of drug-likeness (QED) is 0.129. The SMILES string of the molecule is COc1cc(C(=O)Oc2c(Br)cc(Br)cc2C=NNC(=O)CNC(=O)c2ccccc2Br)cc(OC)c1OC. The highest BCUT2D eigenvalue weighted by Crippen LogP contribution is 2.39. The molecule has 0 atom stereocenters. The van der Waals surface area contributed by atoms with Crippen molar-refractivity contribution in [2.45, 2.75) is 0 Å². The van der Waals surface area contributed by atoms with Gasteiger partial charge in [-0.25, -0.2) is 10.2 Å². The van der Waals surface area contributed by atoms with E-state index in [0.29, 0.717) is 30.3 Å². The van der Waals surface area contributed by atoms with Crippen LogP contribution in [-0.2, 0) is 4.79 Å². The van der Waals surface area contributed by atoms with Crippen LogP contribution < -0.4 is 29.7 Å². The molecule has 0 saturated heterocycles. The lowest BCUT2D eigenvalue weighted by Crippen LogP contribution is -2.35. The zero-order valence-corrected chi connectivity index (χ0v) is 25.6. The second-order valence-electron chi connectivity index (χ2n) is 7.57. The molecule has 0 radical (unpaired) electrons. The summed E-state index contributed by atoms with van der Waals surface area (Å²) in [6, 6.07) is 13.1. The Morgan fingerprint density at radius 1 is 0.872 bits per heavy atom. The largest absolute Gasteiger partial charge is 0.493 e. The second kappa shape index (κ2) is 14.1. The fraction of sp³-hybridized carbons (Fsp3) is 0.154. The number of nitrogens with one attached hydrogen (secondary N) is 2. The molecular formula is C26H22Br3N3O7. The van der Waals surface area contributed by atoms with Gasteiger partial charge in [-0.15, -0.1) is 0 Å². The molecule has 0 aliphatic heterocycles. The minimum absolute atomic E-state index is 0.149. The first kappa shape index (κ1) is 30.1. The van der Waals surface area contributed by atoms with E-state index in [4.69, 9.17) is 18.9 Å². The van der Waals surface area contributed by atoms with Crippen molar-refractivity contribution >= 4 is 71.8 Å². The molecule has 10 nitrogen and oxygen atoms in total. The lowest BCUT2D eigenvalue weighted by Gasteiger charge is -2.15. The fourth-order valence-corrected chi connectivity index (χ4v) is 5.05. The molecule has 3 aromatic rings. The molecule has 39 heavy (non-hydrogen) atoms. The highest BCUT2D eigenvalue weighted by molar-refractivity contribution is 9.11. The summed E-state index contributed by atoms with van der Waals surface area (Å²) in [7, 11) is 4.33. The van der Waals surface area contributed by atoms with Crippen LogP contribution in [0.15, 0.2) is 67.1 Å².